The fourth-order valence-corrected chi connectivity index (χ4v) is 3.36. The van der Waals surface area contributed by atoms with Gasteiger partial charge in [-0.25, -0.2) is 0 Å². The minimum Gasteiger partial charge on any atom is -0.398 e. The Labute approximate surface area is 111 Å². The summed E-state index contributed by atoms with van der Waals surface area (Å²) in [5.41, 5.74) is 7.60. The van der Waals surface area contributed by atoms with E-state index in [1.807, 2.05) is 25.1 Å². The molecule has 0 radical (unpaired) electrons. The molecule has 1 aromatic carbocycles. The summed E-state index contributed by atoms with van der Waals surface area (Å²) in [6, 6.07) is 5.66. The van der Waals surface area contributed by atoms with E-state index in [1.54, 1.807) is 0 Å². The molecule has 2 unspecified atom stereocenters. The molecular formula is C13H20N2O2S. The normalized spacial score (nSPS) is 22.9. The number of hydrogen-bond donors (Lipinski definition) is 1. The van der Waals surface area contributed by atoms with Gasteiger partial charge in [0.25, 0.3) is 0 Å². The maximum atomic E-state index is 12.3. The molecule has 0 aromatic heterocycles. The van der Waals surface area contributed by atoms with E-state index in [-0.39, 0.29) is 6.10 Å². The fraction of sp³-hybridized carbons (Fsp3) is 0.538. The first-order chi connectivity index (χ1) is 8.56. The summed E-state index contributed by atoms with van der Waals surface area (Å²) in [6.07, 6.45) is 0.0327. The Balaban J connectivity index is 2.03. The Kier molecular flexibility index (Phi) is 4.37. The first-order valence-corrected chi connectivity index (χ1v) is 7.43. The van der Waals surface area contributed by atoms with Gasteiger partial charge in [0.1, 0.15) is 0 Å². The highest BCUT2D eigenvalue weighted by molar-refractivity contribution is 7.85. The van der Waals surface area contributed by atoms with Crippen LogP contribution in [0.1, 0.15) is 5.56 Å². The van der Waals surface area contributed by atoms with Crippen molar-refractivity contribution in [3.8, 4) is 0 Å². The first kappa shape index (κ1) is 13.5. The summed E-state index contributed by atoms with van der Waals surface area (Å²) in [5.74, 6) is 0.512. The summed E-state index contributed by atoms with van der Waals surface area (Å²) in [7, 11) is 0.962. The van der Waals surface area contributed by atoms with Crippen LogP contribution in [-0.2, 0) is 15.5 Å². The number of likely N-dealkylation sites (N-methyl/N-ethyl adjacent to an activating group) is 1. The molecule has 100 valence electrons. The second-order valence-electron chi connectivity index (χ2n) is 4.81. The van der Waals surface area contributed by atoms with Crippen molar-refractivity contribution >= 4 is 16.5 Å². The number of morpholine rings is 1. The van der Waals surface area contributed by atoms with Gasteiger partial charge < -0.3 is 15.4 Å². The third-order valence-electron chi connectivity index (χ3n) is 3.09. The van der Waals surface area contributed by atoms with Crippen LogP contribution in [0, 0.1) is 6.92 Å². The zero-order valence-corrected chi connectivity index (χ0v) is 11.7. The summed E-state index contributed by atoms with van der Waals surface area (Å²) in [6.45, 7) is 4.46. The molecule has 0 saturated carbocycles. The van der Waals surface area contributed by atoms with E-state index < -0.39 is 10.8 Å². The molecule has 1 fully saturated rings. The van der Waals surface area contributed by atoms with Crippen molar-refractivity contribution in [2.45, 2.75) is 17.9 Å². The lowest BCUT2D eigenvalue weighted by Crippen LogP contribution is -2.42. The number of aryl methyl sites for hydroxylation is 1. The number of nitrogens with two attached hydrogens (primary N) is 1. The SMILES string of the molecule is Cc1ccc(S(=O)CC2CN(C)CCO2)c(N)c1. The second kappa shape index (κ2) is 5.82. The molecule has 2 rings (SSSR count). The Morgan fingerprint density at radius 1 is 1.56 bits per heavy atom. The van der Waals surface area contributed by atoms with Crippen LogP contribution in [0.2, 0.25) is 0 Å². The Hall–Kier alpha value is -0.910. The van der Waals surface area contributed by atoms with Crippen molar-refractivity contribution in [3.63, 3.8) is 0 Å². The number of nitrogens with zero attached hydrogens (tertiary/aromatic N) is 1. The van der Waals surface area contributed by atoms with Crippen molar-refractivity contribution in [2.24, 2.45) is 0 Å². The zero-order valence-electron chi connectivity index (χ0n) is 10.9. The Bertz CT molecular complexity index is 451. The van der Waals surface area contributed by atoms with E-state index in [9.17, 15) is 4.21 Å². The highest BCUT2D eigenvalue weighted by Gasteiger charge is 2.21. The van der Waals surface area contributed by atoms with Crippen molar-refractivity contribution in [1.29, 1.82) is 0 Å². The molecular weight excluding hydrogens is 248 g/mol. The van der Waals surface area contributed by atoms with Crippen LogP contribution in [0.15, 0.2) is 23.1 Å². The van der Waals surface area contributed by atoms with Gasteiger partial charge in [-0.3, -0.25) is 4.21 Å². The van der Waals surface area contributed by atoms with Crippen LogP contribution >= 0.6 is 0 Å². The fourth-order valence-electron chi connectivity index (χ4n) is 2.10. The molecule has 0 bridgehead atoms. The Morgan fingerprint density at radius 2 is 2.33 bits per heavy atom. The predicted molar refractivity (Wildman–Crippen MR) is 74.1 cm³/mol. The molecule has 1 heterocycles. The number of benzene rings is 1. The van der Waals surface area contributed by atoms with Gasteiger partial charge in [-0.1, -0.05) is 6.07 Å². The third-order valence-corrected chi connectivity index (χ3v) is 4.63. The molecule has 0 amide bonds. The van der Waals surface area contributed by atoms with Gasteiger partial charge in [-0.15, -0.1) is 0 Å². The number of anilines is 1. The number of hydrogen-bond acceptors (Lipinski definition) is 4. The van der Waals surface area contributed by atoms with Gasteiger partial charge in [0.2, 0.25) is 0 Å². The second-order valence-corrected chi connectivity index (χ2v) is 6.27. The van der Waals surface area contributed by atoms with Gasteiger partial charge in [-0.2, -0.15) is 0 Å². The number of nitrogen functional groups attached to an aromatic ring is 1. The predicted octanol–water partition coefficient (Wildman–Crippen LogP) is 1.02. The maximum absolute atomic E-state index is 12.3. The lowest BCUT2D eigenvalue weighted by atomic mass is 10.2. The van der Waals surface area contributed by atoms with Gasteiger partial charge in [0.15, 0.2) is 0 Å². The van der Waals surface area contributed by atoms with Gasteiger partial charge >= 0.3 is 0 Å². The molecule has 1 saturated heterocycles. The monoisotopic (exact) mass is 268 g/mol. The largest absolute Gasteiger partial charge is 0.398 e. The smallest absolute Gasteiger partial charge is 0.0821 e. The molecule has 4 nitrogen and oxygen atoms in total. The van der Waals surface area contributed by atoms with Crippen molar-refractivity contribution in [2.75, 3.05) is 38.2 Å². The average molecular weight is 268 g/mol. The quantitative estimate of drug-likeness (QED) is 0.832. The topological polar surface area (TPSA) is 55.6 Å². The van der Waals surface area contributed by atoms with E-state index >= 15 is 0 Å². The highest BCUT2D eigenvalue weighted by atomic mass is 32.2. The van der Waals surface area contributed by atoms with Crippen molar-refractivity contribution in [3.05, 3.63) is 23.8 Å². The van der Waals surface area contributed by atoms with E-state index in [4.69, 9.17) is 10.5 Å². The van der Waals surface area contributed by atoms with Crippen LogP contribution in [0.3, 0.4) is 0 Å². The average Bonchev–Trinajstić information content (AvgIpc) is 2.28. The summed E-state index contributed by atoms with van der Waals surface area (Å²) in [5, 5.41) is 0. The standard InChI is InChI=1S/C13H20N2O2S/c1-10-3-4-13(12(14)7-10)18(16)9-11-8-15(2)5-6-17-11/h3-4,7,11H,5-6,8-9,14H2,1-2H3. The molecule has 5 heteroatoms. The molecule has 2 N–H and O–H groups in total. The van der Waals surface area contributed by atoms with Gasteiger partial charge in [0.05, 0.1) is 34.2 Å². The molecule has 2 atom stereocenters. The third kappa shape index (κ3) is 3.31. The zero-order chi connectivity index (χ0) is 13.1. The maximum Gasteiger partial charge on any atom is 0.0821 e. The molecule has 1 aliphatic rings. The molecule has 0 spiro atoms. The lowest BCUT2D eigenvalue weighted by molar-refractivity contribution is -0.00640. The van der Waals surface area contributed by atoms with Gasteiger partial charge in [0, 0.05) is 18.8 Å². The van der Waals surface area contributed by atoms with Crippen molar-refractivity contribution < 1.29 is 8.95 Å². The molecule has 1 aromatic rings. The van der Waals surface area contributed by atoms with E-state index in [0.29, 0.717) is 18.0 Å². The minimum absolute atomic E-state index is 0.0327. The van der Waals surface area contributed by atoms with Crippen LogP contribution in [0.4, 0.5) is 5.69 Å². The van der Waals surface area contributed by atoms with E-state index in [2.05, 4.69) is 11.9 Å². The van der Waals surface area contributed by atoms with E-state index in [0.717, 1.165) is 23.5 Å². The Morgan fingerprint density at radius 3 is 3.00 bits per heavy atom. The molecule has 18 heavy (non-hydrogen) atoms. The number of rotatable bonds is 3. The highest BCUT2D eigenvalue weighted by Crippen LogP contribution is 2.19. The first-order valence-electron chi connectivity index (χ1n) is 6.11. The van der Waals surface area contributed by atoms with Crippen LogP contribution < -0.4 is 5.73 Å². The van der Waals surface area contributed by atoms with E-state index in [1.165, 1.54) is 0 Å². The van der Waals surface area contributed by atoms with Crippen LogP contribution in [0.5, 0.6) is 0 Å². The lowest BCUT2D eigenvalue weighted by Gasteiger charge is -2.29. The minimum atomic E-state index is -1.09. The summed E-state index contributed by atoms with van der Waals surface area (Å²) < 4.78 is 17.9. The molecule has 0 aliphatic carbocycles. The summed E-state index contributed by atoms with van der Waals surface area (Å²) >= 11 is 0. The van der Waals surface area contributed by atoms with Crippen LogP contribution in [0.25, 0.3) is 0 Å². The number of ether oxygens (including phenoxy) is 1. The summed E-state index contributed by atoms with van der Waals surface area (Å²) in [4.78, 5) is 2.92. The van der Waals surface area contributed by atoms with Crippen molar-refractivity contribution in [1.82, 2.24) is 4.90 Å². The van der Waals surface area contributed by atoms with Crippen LogP contribution in [-0.4, -0.2) is 47.7 Å². The van der Waals surface area contributed by atoms with Gasteiger partial charge in [-0.05, 0) is 31.7 Å². The molecule has 1 aliphatic heterocycles.